The number of aromatic carboxylic acids is 1. The molecule has 1 fully saturated rings. The maximum absolute atomic E-state index is 12.5. The van der Waals surface area contributed by atoms with Crippen molar-refractivity contribution >= 4 is 50.9 Å². The number of aryl methyl sites for hydroxylation is 1. The molecule has 0 bridgehead atoms. The minimum absolute atomic E-state index is 0.0584. The average molecular weight is 649 g/mol. The molecule has 1 aromatic carbocycles. The van der Waals surface area contributed by atoms with Crippen LogP contribution in [-0.4, -0.2) is 82.6 Å². The summed E-state index contributed by atoms with van der Waals surface area (Å²) in [7, 11) is 1.79. The molecule has 45 heavy (non-hydrogen) atoms. The Kier molecular flexibility index (Phi) is 8.87. The van der Waals surface area contributed by atoms with Crippen molar-refractivity contribution in [2.45, 2.75) is 64.5 Å². The number of carbonyl (C=O) groups is 1. The summed E-state index contributed by atoms with van der Waals surface area (Å²) in [6.45, 7) is 8.70. The lowest BCUT2D eigenvalue weighted by Gasteiger charge is -2.48. The highest BCUT2D eigenvalue weighted by Gasteiger charge is 2.41. The van der Waals surface area contributed by atoms with Gasteiger partial charge in [0.15, 0.2) is 5.94 Å². The van der Waals surface area contributed by atoms with Gasteiger partial charge < -0.3 is 19.5 Å². The number of aromatic nitrogens is 1. The number of aliphatic imine (C=N–C) groups is 1. The average Bonchev–Trinajstić information content (AvgIpc) is 3.46. The normalized spacial score (nSPS) is 21.1. The Morgan fingerprint density at radius 1 is 1.22 bits per heavy atom. The van der Waals surface area contributed by atoms with Crippen molar-refractivity contribution in [2.24, 2.45) is 4.99 Å². The number of thiophene rings is 1. The summed E-state index contributed by atoms with van der Waals surface area (Å²) in [5.74, 6) is 2.60. The van der Waals surface area contributed by atoms with Gasteiger partial charge in [0.05, 0.1) is 28.4 Å². The molecule has 1 saturated heterocycles. The molecule has 11 heteroatoms. The molecule has 1 N–H and O–H groups in total. The molecule has 0 saturated carbocycles. The van der Waals surface area contributed by atoms with Crippen molar-refractivity contribution in [1.29, 1.82) is 0 Å². The Hall–Kier alpha value is -3.53. The van der Waals surface area contributed by atoms with Crippen LogP contribution in [0.25, 0.3) is 21.3 Å². The largest absolute Gasteiger partial charge is 0.491 e. The molecule has 0 unspecified atom stereocenters. The number of halogens is 1. The van der Waals surface area contributed by atoms with Crippen LogP contribution in [0.1, 0.15) is 62.0 Å². The maximum Gasteiger partial charge on any atom is 0.338 e. The Labute approximate surface area is 271 Å². The van der Waals surface area contributed by atoms with E-state index in [2.05, 4.69) is 22.7 Å². The fourth-order valence-electron chi connectivity index (χ4n) is 6.90. The smallest absolute Gasteiger partial charge is 0.338 e. The summed E-state index contributed by atoms with van der Waals surface area (Å²) < 4.78 is 12.7. The Bertz CT molecular complexity index is 1770. The van der Waals surface area contributed by atoms with E-state index < -0.39 is 5.97 Å². The van der Waals surface area contributed by atoms with E-state index in [1.54, 1.807) is 18.6 Å². The van der Waals surface area contributed by atoms with Crippen molar-refractivity contribution in [3.05, 3.63) is 62.9 Å². The van der Waals surface area contributed by atoms with E-state index in [0.29, 0.717) is 40.3 Å². The summed E-state index contributed by atoms with van der Waals surface area (Å²) in [5.41, 5.74) is 5.31. The number of nitrogens with zero attached hydrogens (tertiary/aromatic N) is 4. The molecule has 236 valence electrons. The third kappa shape index (κ3) is 6.05. The first-order valence-electron chi connectivity index (χ1n) is 15.2. The summed E-state index contributed by atoms with van der Waals surface area (Å²) in [6, 6.07) is 7.33. The molecule has 1 atom stereocenters. The number of hydrogen-bond acceptors (Lipinski definition) is 9. The van der Waals surface area contributed by atoms with Gasteiger partial charge in [-0.3, -0.25) is 9.88 Å². The molecule has 0 spiro atoms. The van der Waals surface area contributed by atoms with Crippen molar-refractivity contribution < 1.29 is 24.2 Å². The van der Waals surface area contributed by atoms with Gasteiger partial charge in [-0.15, -0.1) is 11.3 Å². The maximum atomic E-state index is 12.5. The minimum Gasteiger partial charge on any atom is -0.491 e. The van der Waals surface area contributed by atoms with Crippen molar-refractivity contribution in [2.75, 3.05) is 33.4 Å². The predicted molar refractivity (Wildman–Crippen MR) is 177 cm³/mol. The number of pyridine rings is 1. The summed E-state index contributed by atoms with van der Waals surface area (Å²) in [4.78, 5) is 38.3. The molecule has 0 amide bonds. The van der Waals surface area contributed by atoms with E-state index >= 15 is 0 Å². The lowest BCUT2D eigenvalue weighted by molar-refractivity contribution is -0.00370. The van der Waals surface area contributed by atoms with Gasteiger partial charge in [-0.1, -0.05) is 11.6 Å². The number of carbonyl (C=O) groups excluding carboxylic acids is 1. The quantitative estimate of drug-likeness (QED) is 0.267. The number of allylic oxidation sites excluding steroid dienone is 2. The lowest BCUT2D eigenvalue weighted by Crippen LogP contribution is -2.53. The number of likely N-dealkylation sites (tertiary alicyclic amines) is 1. The zero-order valence-electron chi connectivity index (χ0n) is 26.0. The van der Waals surface area contributed by atoms with E-state index in [-0.39, 0.29) is 17.7 Å². The van der Waals surface area contributed by atoms with Crippen LogP contribution in [0.15, 0.2) is 51.6 Å². The van der Waals surface area contributed by atoms with Gasteiger partial charge >= 0.3 is 5.97 Å². The molecule has 3 aliphatic rings. The second-order valence-electron chi connectivity index (χ2n) is 12.2. The first kappa shape index (κ1) is 31.5. The van der Waals surface area contributed by atoms with Crippen LogP contribution in [0.3, 0.4) is 0 Å². The van der Waals surface area contributed by atoms with Gasteiger partial charge in [0.1, 0.15) is 23.9 Å². The minimum atomic E-state index is -1.02. The third-order valence-electron chi connectivity index (χ3n) is 9.37. The van der Waals surface area contributed by atoms with Gasteiger partial charge in [0.2, 0.25) is 0 Å². The number of carboxylic acids is 1. The molecule has 1 aliphatic carbocycles. The molecule has 9 nitrogen and oxygen atoms in total. The highest BCUT2D eigenvalue weighted by Crippen LogP contribution is 2.44. The number of fused-ring (bicyclic) bond motifs is 1. The van der Waals surface area contributed by atoms with Gasteiger partial charge in [-0.25, -0.2) is 14.6 Å². The first-order chi connectivity index (χ1) is 21.6. The molecule has 2 aromatic heterocycles. The number of hydrogen-bond donors (Lipinski definition) is 1. The summed E-state index contributed by atoms with van der Waals surface area (Å²) in [6.07, 6.45) is 4.90. The molecule has 6 rings (SSSR count). The highest BCUT2D eigenvalue weighted by molar-refractivity contribution is 7.18. The molecular formula is C34H37ClN4O5S. The number of rotatable bonds is 8. The van der Waals surface area contributed by atoms with Gasteiger partial charge in [0, 0.05) is 64.2 Å². The summed E-state index contributed by atoms with van der Waals surface area (Å²) in [5, 5.41) is 11.8. The van der Waals surface area contributed by atoms with Gasteiger partial charge in [0.25, 0.3) is 0 Å². The number of piperidine rings is 1. The number of amidine groups is 1. The van der Waals surface area contributed by atoms with Crippen LogP contribution in [0.5, 0.6) is 5.75 Å². The van der Waals surface area contributed by atoms with Crippen molar-refractivity contribution in [1.82, 2.24) is 14.8 Å². The van der Waals surface area contributed by atoms with Crippen LogP contribution in [0.2, 0.25) is 5.02 Å². The van der Waals surface area contributed by atoms with Gasteiger partial charge in [-0.05, 0) is 77.1 Å². The second kappa shape index (κ2) is 12.7. The molecule has 0 radical (unpaired) electrons. The number of methoxy groups -OCH3 is 1. The summed E-state index contributed by atoms with van der Waals surface area (Å²) >= 11 is 7.77. The molecule has 4 heterocycles. The second-order valence-corrected chi connectivity index (χ2v) is 13.5. The van der Waals surface area contributed by atoms with E-state index in [0.717, 1.165) is 78.1 Å². The Morgan fingerprint density at radius 3 is 2.71 bits per heavy atom. The van der Waals surface area contributed by atoms with Crippen LogP contribution in [0.4, 0.5) is 0 Å². The topological polar surface area (TPSA) is 105 Å². The zero-order chi connectivity index (χ0) is 31.9. The lowest BCUT2D eigenvalue weighted by atomic mass is 9.77. The van der Waals surface area contributed by atoms with E-state index in [1.165, 1.54) is 11.3 Å². The highest BCUT2D eigenvalue weighted by atomic mass is 35.5. The molecule has 2 aliphatic heterocycles. The Balaban J connectivity index is 1.21. The van der Waals surface area contributed by atoms with E-state index in [1.807, 2.05) is 36.9 Å². The molecule has 3 aromatic rings. The number of carboxylic acid groups (broad SMARTS) is 1. The van der Waals surface area contributed by atoms with E-state index in [4.69, 9.17) is 26.1 Å². The van der Waals surface area contributed by atoms with Crippen LogP contribution in [0, 0.1) is 6.92 Å². The van der Waals surface area contributed by atoms with Crippen LogP contribution < -0.4 is 4.74 Å². The van der Waals surface area contributed by atoms with Crippen LogP contribution >= 0.6 is 22.9 Å². The van der Waals surface area contributed by atoms with Crippen molar-refractivity contribution in [3.8, 4) is 16.9 Å². The first-order valence-corrected chi connectivity index (χ1v) is 16.5. The predicted octanol–water partition coefficient (Wildman–Crippen LogP) is 6.76. The zero-order valence-corrected chi connectivity index (χ0v) is 27.6. The Morgan fingerprint density at radius 2 is 2.00 bits per heavy atom. The SMILES string of the molecule is COC1CCN([C@]2(C)CCC3=C(C2)C(=C=O)N(CCOc2ccc(Cl)cc2-c2cc(C)nc4c(C(=O)O)csc24)C(C)=N3)CC1. The fourth-order valence-corrected chi connectivity index (χ4v) is 8.08. The van der Waals surface area contributed by atoms with Gasteiger partial charge in [-0.2, -0.15) is 0 Å². The van der Waals surface area contributed by atoms with Crippen LogP contribution in [-0.2, 0) is 9.53 Å². The monoisotopic (exact) mass is 648 g/mol. The number of benzene rings is 1. The third-order valence-corrected chi connectivity index (χ3v) is 10.6. The molecular weight excluding hydrogens is 612 g/mol. The van der Waals surface area contributed by atoms with E-state index in [9.17, 15) is 14.7 Å². The van der Waals surface area contributed by atoms with Crippen molar-refractivity contribution in [3.63, 3.8) is 0 Å². The number of ether oxygens (including phenoxy) is 2. The standard InChI is InChI=1S/C34H37ClN4O5S/c1-20-15-25(32-31(36-20)27(19-45-32)33(41)42)24-16-22(35)5-6-30(24)44-14-13-39-21(2)37-28-7-10-34(3,17-26(28)29(39)18-40)38-11-8-23(43-4)9-12-38/h5-6,15-16,19,23H,7-14,17H2,1-4H3,(H,41,42)/t34-/m1/s1. The fraction of sp³-hybridized carbons (Fsp3) is 0.441.